The SMILES string of the molecule is CO[C@H]1C[C@@H]2CC[C@@H](C)[C@@](O)(O2)C(=O)C(=O)N2CCCC[C@H]2C(=O)OC([C@H](C)CC[C@@H]2CC[C@@H](OCCO)[C@H](OC)C2)CC(=O)[C@H](C)/C=C(\C)[C@@H](OC(=O)[C@@H](C)[C@H](C)[C@@H](C)NC(=O)[C@H](CCCCN)NS(N)(=O)=O)[C@@H](OC)C(=O)[C@H](C)C[C@H](C)/C=C/C=C/C=C/1C. The molecule has 1 unspecified atom stereocenters. The Bertz CT molecular complexity index is 2630. The number of rotatable bonds is 22. The van der Waals surface area contributed by atoms with E-state index in [0.717, 1.165) is 12.0 Å². The molecule has 3 aliphatic heterocycles. The first-order valence-electron chi connectivity index (χ1n) is 33.0. The third kappa shape index (κ3) is 23.7. The molecule has 0 spiro atoms. The van der Waals surface area contributed by atoms with E-state index in [0.29, 0.717) is 82.7 Å². The number of nitrogens with two attached hydrogens (primary N) is 2. The molecular weight excluding hydrogens is 1190 g/mol. The number of carbonyl (C=O) groups excluding carboxylic acids is 7. The summed E-state index contributed by atoms with van der Waals surface area (Å²) in [5.41, 5.74) is 6.79. The molecule has 23 nitrogen and oxygen atoms in total. The molecule has 2 amide bonds. The fourth-order valence-electron chi connectivity index (χ4n) is 13.0. The highest BCUT2D eigenvalue weighted by atomic mass is 32.2. The van der Waals surface area contributed by atoms with Crippen molar-refractivity contribution in [2.24, 2.45) is 58.2 Å². The molecule has 518 valence electrons. The number of ether oxygens (including phenoxy) is 7. The number of aliphatic hydroxyl groups is 2. The largest absolute Gasteiger partial charge is 0.460 e. The highest BCUT2D eigenvalue weighted by Gasteiger charge is 2.53. The molecule has 19 atom stereocenters. The number of allylic oxidation sites excluding steroid dienone is 6. The van der Waals surface area contributed by atoms with Crippen LogP contribution in [0, 0.1) is 47.3 Å². The fraction of sp³-hybridized carbons (Fsp3) is 0.776. The van der Waals surface area contributed by atoms with Gasteiger partial charge in [0.25, 0.3) is 21.9 Å². The van der Waals surface area contributed by atoms with Gasteiger partial charge in [0.15, 0.2) is 18.0 Å². The molecule has 0 aromatic rings. The van der Waals surface area contributed by atoms with Crippen molar-refractivity contribution in [2.45, 2.75) is 239 Å². The van der Waals surface area contributed by atoms with Crippen LogP contribution in [0.5, 0.6) is 0 Å². The van der Waals surface area contributed by atoms with Crippen molar-refractivity contribution in [3.05, 3.63) is 47.6 Å². The van der Waals surface area contributed by atoms with Crippen LogP contribution < -0.4 is 20.9 Å². The minimum Gasteiger partial charge on any atom is -0.460 e. The zero-order valence-electron chi connectivity index (χ0n) is 56.4. The Hall–Kier alpha value is -4.60. The average molecular weight is 1310 g/mol. The van der Waals surface area contributed by atoms with Gasteiger partial charge in [0.2, 0.25) is 11.7 Å². The van der Waals surface area contributed by atoms with Crippen LogP contribution in [0.3, 0.4) is 0 Å². The molecule has 8 N–H and O–H groups in total. The number of amides is 2. The molecule has 2 saturated heterocycles. The van der Waals surface area contributed by atoms with Gasteiger partial charge in [-0.25, -0.2) is 9.93 Å². The third-order valence-corrected chi connectivity index (χ3v) is 19.9. The van der Waals surface area contributed by atoms with Crippen molar-refractivity contribution in [1.82, 2.24) is 14.9 Å². The van der Waals surface area contributed by atoms with Gasteiger partial charge in [-0.1, -0.05) is 91.3 Å². The lowest BCUT2D eigenvalue weighted by Crippen LogP contribution is -2.61. The maximum atomic E-state index is 14.9. The van der Waals surface area contributed by atoms with E-state index in [2.05, 4.69) is 10.0 Å². The van der Waals surface area contributed by atoms with Crippen LogP contribution in [0.2, 0.25) is 0 Å². The molecule has 0 radical (unpaired) electrons. The van der Waals surface area contributed by atoms with Gasteiger partial charge in [-0.05, 0) is 146 Å². The number of hydrogen-bond donors (Lipinski definition) is 6. The topological polar surface area (TPSA) is 338 Å². The Morgan fingerprint density at radius 3 is 2.21 bits per heavy atom. The predicted octanol–water partition coefficient (Wildman–Crippen LogP) is 6.21. The molecule has 4 aliphatic rings. The van der Waals surface area contributed by atoms with Gasteiger partial charge < -0.3 is 59.3 Å². The number of piperidine rings is 1. The van der Waals surface area contributed by atoms with Gasteiger partial charge in [-0.2, -0.15) is 13.1 Å². The van der Waals surface area contributed by atoms with E-state index in [-0.39, 0.29) is 81.1 Å². The zero-order chi connectivity index (χ0) is 67.9. The van der Waals surface area contributed by atoms with Crippen molar-refractivity contribution in [1.29, 1.82) is 0 Å². The summed E-state index contributed by atoms with van der Waals surface area (Å²) in [6.07, 6.45) is 12.6. The Morgan fingerprint density at radius 2 is 1.56 bits per heavy atom. The van der Waals surface area contributed by atoms with E-state index in [1.54, 1.807) is 68.8 Å². The Kier molecular flexibility index (Phi) is 33.0. The molecular formula is C67H111N5O18S. The van der Waals surface area contributed by atoms with Crippen LogP contribution in [-0.4, -0.2) is 179 Å². The summed E-state index contributed by atoms with van der Waals surface area (Å²) in [5, 5.41) is 29.7. The summed E-state index contributed by atoms with van der Waals surface area (Å²) >= 11 is 0. The lowest BCUT2D eigenvalue weighted by molar-refractivity contribution is -0.265. The van der Waals surface area contributed by atoms with Crippen LogP contribution in [0.25, 0.3) is 0 Å². The van der Waals surface area contributed by atoms with E-state index >= 15 is 0 Å². The lowest BCUT2D eigenvalue weighted by atomic mass is 9.80. The van der Waals surface area contributed by atoms with Gasteiger partial charge in [-0.3, -0.25) is 28.8 Å². The summed E-state index contributed by atoms with van der Waals surface area (Å²) in [4.78, 5) is 103. The number of esters is 2. The number of ketones is 3. The van der Waals surface area contributed by atoms with E-state index in [1.165, 1.54) is 12.0 Å². The van der Waals surface area contributed by atoms with E-state index in [1.807, 2.05) is 51.2 Å². The molecule has 1 saturated carbocycles. The monoisotopic (exact) mass is 1310 g/mol. The highest BCUT2D eigenvalue weighted by molar-refractivity contribution is 7.87. The van der Waals surface area contributed by atoms with Crippen molar-refractivity contribution < 1.29 is 85.4 Å². The fourth-order valence-corrected chi connectivity index (χ4v) is 13.6. The normalized spacial score (nSPS) is 33.7. The van der Waals surface area contributed by atoms with Crippen molar-refractivity contribution >= 4 is 51.3 Å². The summed E-state index contributed by atoms with van der Waals surface area (Å²) < 4.78 is 68.8. The lowest BCUT2D eigenvalue weighted by Gasteiger charge is -2.42. The first-order valence-corrected chi connectivity index (χ1v) is 34.5. The minimum atomic E-state index is -4.27. The molecule has 91 heavy (non-hydrogen) atoms. The number of aliphatic hydroxyl groups excluding tert-OH is 1. The molecule has 4 rings (SSSR count). The second-order valence-electron chi connectivity index (χ2n) is 26.4. The number of hydrogen-bond acceptors (Lipinski definition) is 19. The first kappa shape index (κ1) is 78.8. The van der Waals surface area contributed by atoms with Crippen molar-refractivity contribution in [3.63, 3.8) is 0 Å². The second kappa shape index (κ2) is 38.1. The number of nitrogens with one attached hydrogen (secondary N) is 2. The van der Waals surface area contributed by atoms with Crippen LogP contribution in [-0.2, 0) is 76.9 Å². The van der Waals surface area contributed by atoms with Crippen LogP contribution in [0.15, 0.2) is 47.6 Å². The summed E-state index contributed by atoms with van der Waals surface area (Å²) in [6, 6.07) is -3.14. The van der Waals surface area contributed by atoms with Gasteiger partial charge in [0, 0.05) is 64.5 Å². The highest BCUT2D eigenvalue weighted by Crippen LogP contribution is 2.38. The van der Waals surface area contributed by atoms with Gasteiger partial charge >= 0.3 is 11.9 Å². The number of cyclic esters (lactones) is 1. The molecule has 3 heterocycles. The molecule has 1 aliphatic carbocycles. The Balaban J connectivity index is 1.78. The quantitative estimate of drug-likeness (QED) is 0.0304. The molecule has 0 aromatic carbocycles. The first-order chi connectivity index (χ1) is 42.9. The number of nitrogens with zero attached hydrogens (tertiary/aromatic N) is 1. The molecule has 3 fully saturated rings. The van der Waals surface area contributed by atoms with Gasteiger partial charge in [-0.15, -0.1) is 0 Å². The van der Waals surface area contributed by atoms with E-state index < -0.39 is 130 Å². The molecule has 24 heteroatoms. The number of Topliss-reactive ketones (excluding diaryl/α,β-unsaturated/α-hetero) is 3. The van der Waals surface area contributed by atoms with Crippen LogP contribution >= 0.6 is 0 Å². The smallest absolute Gasteiger partial charge is 0.329 e. The molecule has 0 aromatic heterocycles. The van der Waals surface area contributed by atoms with Crippen LogP contribution in [0.1, 0.15) is 172 Å². The maximum Gasteiger partial charge on any atom is 0.329 e. The van der Waals surface area contributed by atoms with Gasteiger partial charge in [0.1, 0.15) is 24.0 Å². The van der Waals surface area contributed by atoms with E-state index in [9.17, 15) is 52.2 Å². The van der Waals surface area contributed by atoms with Crippen LogP contribution in [0.4, 0.5) is 0 Å². The number of fused-ring (bicyclic) bond motifs is 3. The van der Waals surface area contributed by atoms with Gasteiger partial charge in [0.05, 0.1) is 43.5 Å². The summed E-state index contributed by atoms with van der Waals surface area (Å²) in [5.74, 6) is -11.9. The van der Waals surface area contributed by atoms with Crippen molar-refractivity contribution in [3.8, 4) is 0 Å². The summed E-state index contributed by atoms with van der Waals surface area (Å²) in [6.45, 7) is 17.9. The standard InChI is InChI=1S/C67H111N5O18S/c1-40-21-15-14-16-22-41(2)56(84-11)38-51-29-26-46(7)67(81,90-51)62(76)64(78)72-32-20-18-24-53(72)66(80)88-57(42(3)25-27-50-28-30-55(87-34-33-73)58(37-50)85-12)39-54(74)43(4)36-45(6)60(61(86-13)59(75)44(5)35-40)89-65(79)48(9)47(8)49(10)70-63(77)52(23-17-19-31-68)71-91(69,82)83/h14-16,21-22,36,40,42-44,46-53,55-58,60-61,71,73,81H,17-20,23-35,37-39,68H2,1-13H3,(H,70,77)(H2,69,82,83)/b16-14+,21-15+,41-22+,45-36+/t40-,42-,43-,44-,46-,47+,48+,49-,50-,51+,52+,53+,55-,56+,57?,58-,60-,61+,67-/m1/s1. The Morgan fingerprint density at radius 1 is 0.846 bits per heavy atom. The van der Waals surface area contributed by atoms with E-state index in [4.69, 9.17) is 44.0 Å². The number of unbranched alkanes of at least 4 members (excludes halogenated alkanes) is 1. The number of carbonyl (C=O) groups is 7. The van der Waals surface area contributed by atoms with Crippen molar-refractivity contribution in [2.75, 3.05) is 47.6 Å². The maximum absolute atomic E-state index is 14.9. The zero-order valence-corrected chi connectivity index (χ0v) is 57.3. The Labute approximate surface area is 541 Å². The second-order valence-corrected chi connectivity index (χ2v) is 27.7. The number of methoxy groups -OCH3 is 3. The average Bonchev–Trinajstić information content (AvgIpc) is 0.800. The molecule has 2 bridgehead atoms. The minimum absolute atomic E-state index is 0.0293. The predicted molar refractivity (Wildman–Crippen MR) is 343 cm³/mol. The third-order valence-electron chi connectivity index (χ3n) is 19.3. The summed E-state index contributed by atoms with van der Waals surface area (Å²) in [7, 11) is 0.254.